The molecule has 0 aliphatic rings. The van der Waals surface area contributed by atoms with Crippen LogP contribution in [0.4, 0.5) is 0 Å². The van der Waals surface area contributed by atoms with Crippen molar-refractivity contribution in [1.82, 2.24) is 0 Å². The fourth-order valence-electron chi connectivity index (χ4n) is 1.76. The fraction of sp³-hybridized carbons (Fsp3) is 0.579. The van der Waals surface area contributed by atoms with Gasteiger partial charge in [0.15, 0.2) is 0 Å². The van der Waals surface area contributed by atoms with E-state index in [9.17, 15) is 19.2 Å². The molecular weight excluding hydrogens is 356 g/mol. The first-order valence-corrected chi connectivity index (χ1v) is 8.58. The summed E-state index contributed by atoms with van der Waals surface area (Å²) >= 11 is 0. The normalized spacial score (nSPS) is 11.7. The molecule has 0 saturated carbocycles. The lowest BCUT2D eigenvalue weighted by atomic mass is 9.89. The number of hydrogen-bond acceptors (Lipinski definition) is 8. The number of ether oxygens (including phenoxy) is 4. The summed E-state index contributed by atoms with van der Waals surface area (Å²) in [6.45, 7) is 11.3. The standard InChI is InChI=1S/C19H28O8/c1-6-14(4)18(23)25-10-9-24-17(22)11-19(5,12-26-15(20)7-2)13-27-16(21)8-3/h7-8,14H,2-3,6,9-13H2,1,4-5H3. The van der Waals surface area contributed by atoms with E-state index < -0.39 is 23.3 Å². The second-order valence-electron chi connectivity index (χ2n) is 6.31. The zero-order valence-corrected chi connectivity index (χ0v) is 16.2. The van der Waals surface area contributed by atoms with Gasteiger partial charge in [-0.3, -0.25) is 9.59 Å². The van der Waals surface area contributed by atoms with Crippen LogP contribution in [0.25, 0.3) is 0 Å². The first-order chi connectivity index (χ1) is 12.7. The van der Waals surface area contributed by atoms with Gasteiger partial charge in [-0.15, -0.1) is 0 Å². The van der Waals surface area contributed by atoms with Crippen LogP contribution in [-0.2, 0) is 38.1 Å². The van der Waals surface area contributed by atoms with Crippen LogP contribution in [0.3, 0.4) is 0 Å². The fourth-order valence-corrected chi connectivity index (χ4v) is 1.76. The van der Waals surface area contributed by atoms with Gasteiger partial charge in [0.2, 0.25) is 0 Å². The van der Waals surface area contributed by atoms with Crippen LogP contribution in [0, 0.1) is 11.3 Å². The minimum Gasteiger partial charge on any atom is -0.462 e. The van der Waals surface area contributed by atoms with Gasteiger partial charge in [0.1, 0.15) is 26.4 Å². The Kier molecular flexibility index (Phi) is 11.4. The SMILES string of the molecule is C=CC(=O)OCC(C)(COC(=O)C=C)CC(=O)OCCOC(=O)C(C)CC. The summed E-state index contributed by atoms with van der Waals surface area (Å²) in [7, 11) is 0. The van der Waals surface area contributed by atoms with E-state index in [0.717, 1.165) is 12.2 Å². The van der Waals surface area contributed by atoms with E-state index in [1.54, 1.807) is 13.8 Å². The maximum atomic E-state index is 12.0. The maximum Gasteiger partial charge on any atom is 0.330 e. The van der Waals surface area contributed by atoms with Crippen molar-refractivity contribution in [2.24, 2.45) is 11.3 Å². The minimum atomic E-state index is -0.998. The molecule has 0 aromatic heterocycles. The summed E-state index contributed by atoms with van der Waals surface area (Å²) in [5.41, 5.74) is -0.998. The van der Waals surface area contributed by atoms with Gasteiger partial charge in [-0.05, 0) is 6.42 Å². The Morgan fingerprint density at radius 3 is 1.85 bits per heavy atom. The van der Waals surface area contributed by atoms with E-state index in [0.29, 0.717) is 6.42 Å². The molecule has 0 saturated heterocycles. The molecule has 0 aliphatic heterocycles. The highest BCUT2D eigenvalue weighted by Gasteiger charge is 2.32. The molecule has 0 aromatic carbocycles. The molecule has 0 rings (SSSR count). The highest BCUT2D eigenvalue weighted by molar-refractivity contribution is 5.81. The molecule has 0 N–H and O–H groups in total. The van der Waals surface area contributed by atoms with Gasteiger partial charge < -0.3 is 18.9 Å². The van der Waals surface area contributed by atoms with Crippen molar-refractivity contribution in [2.45, 2.75) is 33.6 Å². The molecule has 0 aliphatic carbocycles. The third kappa shape index (κ3) is 10.8. The molecule has 1 unspecified atom stereocenters. The monoisotopic (exact) mass is 384 g/mol. The van der Waals surface area contributed by atoms with E-state index >= 15 is 0 Å². The van der Waals surface area contributed by atoms with Crippen LogP contribution in [0.2, 0.25) is 0 Å². The van der Waals surface area contributed by atoms with Crippen molar-refractivity contribution >= 4 is 23.9 Å². The lowest BCUT2D eigenvalue weighted by Gasteiger charge is -2.27. The summed E-state index contributed by atoms with van der Waals surface area (Å²) in [6, 6.07) is 0. The molecular formula is C19H28O8. The summed E-state index contributed by atoms with van der Waals surface area (Å²) in [6.07, 6.45) is 2.45. The van der Waals surface area contributed by atoms with Crippen LogP contribution in [0.1, 0.15) is 33.6 Å². The second kappa shape index (κ2) is 12.7. The molecule has 0 spiro atoms. The topological polar surface area (TPSA) is 105 Å². The lowest BCUT2D eigenvalue weighted by molar-refractivity contribution is -0.159. The summed E-state index contributed by atoms with van der Waals surface area (Å²) in [4.78, 5) is 46.1. The van der Waals surface area contributed by atoms with Crippen LogP contribution in [0.15, 0.2) is 25.3 Å². The van der Waals surface area contributed by atoms with Gasteiger partial charge in [-0.1, -0.05) is 33.9 Å². The average molecular weight is 384 g/mol. The van der Waals surface area contributed by atoms with Gasteiger partial charge in [0.05, 0.1) is 12.3 Å². The Balaban J connectivity index is 4.56. The maximum absolute atomic E-state index is 12.0. The van der Waals surface area contributed by atoms with E-state index in [1.807, 2.05) is 6.92 Å². The number of carbonyl (C=O) groups is 4. The molecule has 0 aromatic rings. The molecule has 27 heavy (non-hydrogen) atoms. The van der Waals surface area contributed by atoms with E-state index in [2.05, 4.69) is 13.2 Å². The smallest absolute Gasteiger partial charge is 0.330 e. The number of hydrogen-bond donors (Lipinski definition) is 0. The lowest BCUT2D eigenvalue weighted by Crippen LogP contribution is -2.34. The third-order valence-corrected chi connectivity index (χ3v) is 3.64. The van der Waals surface area contributed by atoms with Crippen molar-refractivity contribution in [1.29, 1.82) is 0 Å². The van der Waals surface area contributed by atoms with Gasteiger partial charge in [-0.25, -0.2) is 9.59 Å². The molecule has 0 amide bonds. The van der Waals surface area contributed by atoms with Crippen molar-refractivity contribution < 1.29 is 38.1 Å². The third-order valence-electron chi connectivity index (χ3n) is 3.64. The summed E-state index contributed by atoms with van der Waals surface area (Å²) in [5.74, 6) is -2.52. The molecule has 0 radical (unpaired) electrons. The van der Waals surface area contributed by atoms with Crippen LogP contribution in [0.5, 0.6) is 0 Å². The van der Waals surface area contributed by atoms with Gasteiger partial charge in [-0.2, -0.15) is 0 Å². The van der Waals surface area contributed by atoms with Crippen molar-refractivity contribution in [3.05, 3.63) is 25.3 Å². The zero-order chi connectivity index (χ0) is 20.9. The van der Waals surface area contributed by atoms with Crippen LogP contribution in [-0.4, -0.2) is 50.3 Å². The summed E-state index contributed by atoms with van der Waals surface area (Å²) < 4.78 is 20.0. The van der Waals surface area contributed by atoms with Crippen molar-refractivity contribution in [2.75, 3.05) is 26.4 Å². The Morgan fingerprint density at radius 1 is 0.926 bits per heavy atom. The van der Waals surface area contributed by atoms with Crippen LogP contribution < -0.4 is 0 Å². The van der Waals surface area contributed by atoms with Crippen molar-refractivity contribution in [3.63, 3.8) is 0 Å². The number of rotatable bonds is 13. The Morgan fingerprint density at radius 2 is 1.41 bits per heavy atom. The Bertz CT molecular complexity index is 528. The minimum absolute atomic E-state index is 0.0530. The molecule has 152 valence electrons. The first kappa shape index (κ1) is 24.4. The van der Waals surface area contributed by atoms with E-state index in [-0.39, 0.29) is 44.7 Å². The highest BCUT2D eigenvalue weighted by Crippen LogP contribution is 2.24. The van der Waals surface area contributed by atoms with E-state index in [1.165, 1.54) is 0 Å². The predicted octanol–water partition coefficient (Wildman–Crippen LogP) is 1.97. The average Bonchev–Trinajstić information content (AvgIpc) is 2.66. The molecule has 8 heteroatoms. The van der Waals surface area contributed by atoms with Gasteiger partial charge in [0, 0.05) is 17.6 Å². The molecule has 8 nitrogen and oxygen atoms in total. The largest absolute Gasteiger partial charge is 0.462 e. The Labute approximate surface area is 159 Å². The number of esters is 4. The van der Waals surface area contributed by atoms with Gasteiger partial charge in [0.25, 0.3) is 0 Å². The summed E-state index contributed by atoms with van der Waals surface area (Å²) in [5, 5.41) is 0. The molecule has 0 bridgehead atoms. The first-order valence-electron chi connectivity index (χ1n) is 8.58. The molecule has 0 heterocycles. The van der Waals surface area contributed by atoms with E-state index in [4.69, 9.17) is 18.9 Å². The quantitative estimate of drug-likeness (QED) is 0.205. The van der Waals surface area contributed by atoms with Gasteiger partial charge >= 0.3 is 23.9 Å². The number of carbonyl (C=O) groups excluding carboxylic acids is 4. The predicted molar refractivity (Wildman–Crippen MR) is 96.4 cm³/mol. The van der Waals surface area contributed by atoms with Crippen molar-refractivity contribution in [3.8, 4) is 0 Å². The second-order valence-corrected chi connectivity index (χ2v) is 6.31. The van der Waals surface area contributed by atoms with Crippen LogP contribution >= 0.6 is 0 Å². The molecule has 1 atom stereocenters. The Hall–Kier alpha value is -2.64. The zero-order valence-electron chi connectivity index (χ0n) is 16.2. The highest BCUT2D eigenvalue weighted by atomic mass is 16.6. The molecule has 0 fully saturated rings.